The number of halogens is 3. The fraction of sp³-hybridized carbons (Fsp3) is 0.480. The smallest absolute Gasteiger partial charge is 0.433 e. The number of anilines is 2. The lowest BCUT2D eigenvalue weighted by Gasteiger charge is -2.31. The van der Waals surface area contributed by atoms with Gasteiger partial charge < -0.3 is 24.8 Å². The number of aromatic nitrogens is 5. The van der Waals surface area contributed by atoms with Crippen molar-refractivity contribution < 1.29 is 22.7 Å². The number of hydrogen-bond donors (Lipinski definition) is 2. The number of carbonyl (C=O) groups excluding carboxylic acids is 1. The van der Waals surface area contributed by atoms with Crippen molar-refractivity contribution in [1.29, 1.82) is 0 Å². The minimum atomic E-state index is -4.59. The molecule has 1 saturated heterocycles. The highest BCUT2D eigenvalue weighted by molar-refractivity contribution is 5.91. The maximum absolute atomic E-state index is 13.7. The van der Waals surface area contributed by atoms with E-state index in [-0.39, 0.29) is 35.1 Å². The van der Waals surface area contributed by atoms with E-state index in [2.05, 4.69) is 25.7 Å². The van der Waals surface area contributed by atoms with Crippen LogP contribution in [0.4, 0.5) is 24.5 Å². The average Bonchev–Trinajstić information content (AvgIpc) is 3.38. The largest absolute Gasteiger partial charge is 0.490 e. The Morgan fingerprint density at radius 3 is 2.62 bits per heavy atom. The first-order chi connectivity index (χ1) is 18.7. The Labute approximate surface area is 221 Å². The molecule has 3 aromatic heterocycles. The van der Waals surface area contributed by atoms with Crippen LogP contribution in [-0.2, 0) is 28.7 Å². The van der Waals surface area contributed by atoms with Crippen molar-refractivity contribution in [2.75, 3.05) is 43.0 Å². The first-order valence-corrected chi connectivity index (χ1v) is 12.8. The summed E-state index contributed by atoms with van der Waals surface area (Å²) in [5.74, 6) is 0.402. The van der Waals surface area contributed by atoms with Crippen LogP contribution < -0.4 is 21.1 Å². The second kappa shape index (κ2) is 10.7. The molecule has 3 aromatic rings. The van der Waals surface area contributed by atoms with Gasteiger partial charge in [0.25, 0.3) is 5.56 Å². The van der Waals surface area contributed by atoms with Crippen molar-refractivity contribution in [2.24, 2.45) is 0 Å². The molecular weight excluding hydrogens is 517 g/mol. The third-order valence-electron chi connectivity index (χ3n) is 6.70. The van der Waals surface area contributed by atoms with E-state index < -0.39 is 17.8 Å². The summed E-state index contributed by atoms with van der Waals surface area (Å²) in [4.78, 5) is 37.1. The zero-order valence-electron chi connectivity index (χ0n) is 21.6. The van der Waals surface area contributed by atoms with Crippen LogP contribution in [0.2, 0.25) is 0 Å². The monoisotopic (exact) mass is 546 g/mol. The number of fused-ring (bicyclic) bond motifs is 1. The van der Waals surface area contributed by atoms with Crippen molar-refractivity contribution in [1.82, 2.24) is 29.5 Å². The molecule has 2 aliphatic rings. The Kier molecular flexibility index (Phi) is 7.30. The number of amides is 1. The minimum absolute atomic E-state index is 0.0339. The number of ether oxygens (including phenoxy) is 1. The van der Waals surface area contributed by atoms with Crippen LogP contribution in [-0.4, -0.2) is 62.8 Å². The highest BCUT2D eigenvalue weighted by Gasteiger charge is 2.33. The molecule has 14 heteroatoms. The lowest BCUT2D eigenvalue weighted by Crippen LogP contribution is -2.47. The summed E-state index contributed by atoms with van der Waals surface area (Å²) < 4.78 is 47.6. The number of alkyl halides is 3. The maximum atomic E-state index is 13.7. The van der Waals surface area contributed by atoms with Gasteiger partial charge in [0.1, 0.15) is 17.9 Å². The highest BCUT2D eigenvalue weighted by Crippen LogP contribution is 2.29. The van der Waals surface area contributed by atoms with Crippen LogP contribution in [0.3, 0.4) is 0 Å². The van der Waals surface area contributed by atoms with E-state index in [1.54, 1.807) is 4.57 Å². The Balaban J connectivity index is 1.56. The van der Waals surface area contributed by atoms with Crippen LogP contribution >= 0.6 is 0 Å². The van der Waals surface area contributed by atoms with Crippen molar-refractivity contribution in [3.63, 3.8) is 0 Å². The van der Waals surface area contributed by atoms with Crippen LogP contribution in [0.15, 0.2) is 23.0 Å². The first kappa shape index (κ1) is 26.7. The summed E-state index contributed by atoms with van der Waals surface area (Å²) in [6.45, 7) is 6.16. The summed E-state index contributed by atoms with van der Waals surface area (Å²) in [5, 5.41) is 10.4. The fourth-order valence-corrected chi connectivity index (χ4v) is 4.82. The van der Waals surface area contributed by atoms with Crippen LogP contribution in [0.5, 0.6) is 0 Å². The van der Waals surface area contributed by atoms with E-state index in [0.717, 1.165) is 18.9 Å². The van der Waals surface area contributed by atoms with Gasteiger partial charge in [-0.2, -0.15) is 22.7 Å². The molecule has 0 atom stereocenters. The van der Waals surface area contributed by atoms with Crippen LogP contribution in [0.1, 0.15) is 42.7 Å². The lowest BCUT2D eigenvalue weighted by molar-refractivity contribution is -0.141. The van der Waals surface area contributed by atoms with Gasteiger partial charge in [0.15, 0.2) is 5.76 Å². The second-order valence-corrected chi connectivity index (χ2v) is 9.36. The maximum Gasteiger partial charge on any atom is 0.433 e. The molecule has 0 unspecified atom stereocenters. The number of allylic oxidation sites excluding steroid dienone is 1. The number of aryl methyl sites for hydroxylation is 1. The van der Waals surface area contributed by atoms with Gasteiger partial charge >= 0.3 is 6.18 Å². The Morgan fingerprint density at radius 2 is 1.97 bits per heavy atom. The van der Waals surface area contributed by atoms with Gasteiger partial charge in [0.2, 0.25) is 17.5 Å². The molecule has 0 radical (unpaired) electrons. The van der Waals surface area contributed by atoms with Gasteiger partial charge in [-0.05, 0) is 44.4 Å². The lowest BCUT2D eigenvalue weighted by atomic mass is 10.2. The van der Waals surface area contributed by atoms with E-state index in [9.17, 15) is 22.8 Å². The van der Waals surface area contributed by atoms with Gasteiger partial charge in [0, 0.05) is 26.2 Å². The molecule has 0 aliphatic carbocycles. The van der Waals surface area contributed by atoms with Crippen LogP contribution in [0, 0.1) is 6.92 Å². The molecular formula is C25H29F3N8O3. The SMILES string of the molecule is CCc1c(N2CCNCC2)c(=O)n2nc(C3=CCCCO3)nc2n1CC(=O)Nc1ccc(C(F)(F)F)nc1C. The summed E-state index contributed by atoms with van der Waals surface area (Å²) in [6.07, 6.45) is -0.619. The summed E-state index contributed by atoms with van der Waals surface area (Å²) >= 11 is 0. The molecule has 5 heterocycles. The molecule has 2 aliphatic heterocycles. The van der Waals surface area contributed by atoms with E-state index >= 15 is 0 Å². The molecule has 208 valence electrons. The van der Waals surface area contributed by atoms with Gasteiger partial charge in [-0.25, -0.2) is 4.98 Å². The van der Waals surface area contributed by atoms with Gasteiger partial charge in [-0.1, -0.05) is 6.92 Å². The number of carbonyl (C=O) groups is 1. The topological polar surface area (TPSA) is 119 Å². The van der Waals surface area contributed by atoms with E-state index in [1.165, 1.54) is 17.5 Å². The van der Waals surface area contributed by atoms with Crippen molar-refractivity contribution in [3.05, 3.63) is 51.5 Å². The molecule has 0 bridgehead atoms. The number of nitrogens with zero attached hydrogens (tertiary/aromatic N) is 6. The standard InChI is InChI=1S/C25H29F3N8O3/c1-3-17-21(34-11-9-29-10-12-34)23(38)36-24(32-22(33-36)18-6-4-5-13-39-18)35(17)14-20(37)31-16-7-8-19(25(26,27)28)30-15(16)2/h6-8,29H,3-5,9-14H2,1-2H3,(H,31,37). The molecule has 0 aromatic carbocycles. The Morgan fingerprint density at radius 1 is 1.21 bits per heavy atom. The number of pyridine rings is 1. The molecule has 2 N–H and O–H groups in total. The zero-order chi connectivity index (χ0) is 27.7. The summed E-state index contributed by atoms with van der Waals surface area (Å²) in [6, 6.07) is 2.00. The molecule has 1 fully saturated rings. The van der Waals surface area contributed by atoms with E-state index in [1.807, 2.05) is 17.9 Å². The van der Waals surface area contributed by atoms with Gasteiger partial charge in [0.05, 0.1) is 23.7 Å². The number of nitrogens with one attached hydrogen (secondary N) is 2. The molecule has 11 nitrogen and oxygen atoms in total. The molecule has 1 amide bonds. The predicted octanol–water partition coefficient (Wildman–Crippen LogP) is 2.38. The highest BCUT2D eigenvalue weighted by atomic mass is 19.4. The van der Waals surface area contributed by atoms with Gasteiger partial charge in [-0.15, -0.1) is 5.10 Å². The molecule has 5 rings (SSSR count). The number of rotatable bonds is 6. The number of piperazine rings is 1. The minimum Gasteiger partial charge on any atom is -0.490 e. The van der Waals surface area contributed by atoms with Crippen molar-refractivity contribution >= 4 is 28.8 Å². The summed E-state index contributed by atoms with van der Waals surface area (Å²) in [5.41, 5.74) is -0.117. The quantitative estimate of drug-likeness (QED) is 0.484. The second-order valence-electron chi connectivity index (χ2n) is 9.36. The predicted molar refractivity (Wildman–Crippen MR) is 137 cm³/mol. The molecule has 39 heavy (non-hydrogen) atoms. The van der Waals surface area contributed by atoms with Crippen molar-refractivity contribution in [2.45, 2.75) is 45.8 Å². The molecule has 0 spiro atoms. The van der Waals surface area contributed by atoms with Gasteiger partial charge in [-0.3, -0.25) is 9.59 Å². The average molecular weight is 547 g/mol. The van der Waals surface area contributed by atoms with Crippen LogP contribution in [0.25, 0.3) is 11.5 Å². The number of hydrogen-bond acceptors (Lipinski definition) is 8. The Bertz CT molecular complexity index is 1490. The normalized spacial score (nSPS) is 16.2. The third kappa shape index (κ3) is 5.33. The van der Waals surface area contributed by atoms with Crippen molar-refractivity contribution in [3.8, 4) is 0 Å². The Hall–Kier alpha value is -3.94. The first-order valence-electron chi connectivity index (χ1n) is 12.8. The van der Waals surface area contributed by atoms with E-state index in [0.29, 0.717) is 56.3 Å². The van der Waals surface area contributed by atoms with E-state index in [4.69, 9.17) is 4.74 Å². The fourth-order valence-electron chi connectivity index (χ4n) is 4.82. The third-order valence-corrected chi connectivity index (χ3v) is 6.70. The molecule has 0 saturated carbocycles. The zero-order valence-corrected chi connectivity index (χ0v) is 21.6. The summed E-state index contributed by atoms with van der Waals surface area (Å²) in [7, 11) is 0.